The van der Waals surface area contributed by atoms with Gasteiger partial charge >= 0.3 is 0 Å². The van der Waals surface area contributed by atoms with Gasteiger partial charge in [0.2, 0.25) is 10.0 Å². The number of aryl methyl sites for hydroxylation is 2. The van der Waals surface area contributed by atoms with Gasteiger partial charge < -0.3 is 5.32 Å². The molecule has 1 aliphatic heterocycles. The largest absolute Gasteiger partial charge is 0.322 e. The number of hydrogen-bond acceptors (Lipinski definition) is 4. The Bertz CT molecular complexity index is 1230. The molecule has 1 N–H and O–H groups in total. The Morgan fingerprint density at radius 2 is 1.87 bits per heavy atom. The fraction of sp³-hybridized carbons (Fsp3) is 0.304. The second kappa shape index (κ2) is 8.28. The number of nitrogens with one attached hydrogen (secondary N) is 1. The molecule has 1 amide bonds. The van der Waals surface area contributed by atoms with E-state index in [1.54, 1.807) is 0 Å². The Morgan fingerprint density at radius 3 is 2.52 bits per heavy atom. The first-order valence-electron chi connectivity index (χ1n) is 10.2. The number of sulfonamides is 1. The third kappa shape index (κ3) is 4.70. The van der Waals surface area contributed by atoms with Gasteiger partial charge in [-0.15, -0.1) is 0 Å². The maximum absolute atomic E-state index is 12.8. The maximum Gasteiger partial charge on any atom is 0.255 e. The van der Waals surface area contributed by atoms with Crippen molar-refractivity contribution in [2.75, 3.05) is 18.1 Å². The van der Waals surface area contributed by atoms with Crippen LogP contribution >= 0.6 is 0 Å². The van der Waals surface area contributed by atoms with Crippen LogP contribution in [0.1, 0.15) is 38.4 Å². The van der Waals surface area contributed by atoms with E-state index >= 15 is 0 Å². The van der Waals surface area contributed by atoms with Gasteiger partial charge in [0.1, 0.15) is 0 Å². The number of carbonyl (C=O) groups excluding carboxylic acids is 1. The van der Waals surface area contributed by atoms with E-state index in [1.165, 1.54) is 10.6 Å². The molecular weight excluding hydrogens is 412 g/mol. The monoisotopic (exact) mass is 438 g/mol. The van der Waals surface area contributed by atoms with Crippen molar-refractivity contribution in [3.05, 3.63) is 82.2 Å². The molecule has 2 heterocycles. The van der Waals surface area contributed by atoms with Crippen molar-refractivity contribution < 1.29 is 13.2 Å². The van der Waals surface area contributed by atoms with E-state index in [9.17, 15) is 13.2 Å². The highest BCUT2D eigenvalue weighted by molar-refractivity contribution is 7.88. The molecule has 1 aromatic heterocycles. The molecule has 0 atom stereocenters. The summed E-state index contributed by atoms with van der Waals surface area (Å²) in [6, 6.07) is 15.2. The summed E-state index contributed by atoms with van der Waals surface area (Å²) in [5.41, 5.74) is 6.39. The molecule has 3 aromatic rings. The Kier molecular flexibility index (Phi) is 5.68. The zero-order valence-corrected chi connectivity index (χ0v) is 18.7. The molecule has 8 heteroatoms. The smallest absolute Gasteiger partial charge is 0.255 e. The van der Waals surface area contributed by atoms with Crippen molar-refractivity contribution in [2.24, 2.45) is 0 Å². The summed E-state index contributed by atoms with van der Waals surface area (Å²) in [5, 5.41) is 7.47. The fourth-order valence-corrected chi connectivity index (χ4v) is 4.74. The van der Waals surface area contributed by atoms with E-state index in [0.29, 0.717) is 31.6 Å². The predicted molar refractivity (Wildman–Crippen MR) is 121 cm³/mol. The maximum atomic E-state index is 12.8. The molecule has 7 nitrogen and oxygen atoms in total. The van der Waals surface area contributed by atoms with Gasteiger partial charge in [-0.3, -0.25) is 9.48 Å². The van der Waals surface area contributed by atoms with E-state index in [-0.39, 0.29) is 5.91 Å². The average Bonchev–Trinajstić information content (AvgIpc) is 3.04. The lowest BCUT2D eigenvalue weighted by Crippen LogP contribution is -2.35. The quantitative estimate of drug-likeness (QED) is 0.663. The molecule has 0 fully saturated rings. The number of carbonyl (C=O) groups is 1. The number of hydrogen-bond donors (Lipinski definition) is 1. The van der Waals surface area contributed by atoms with Crippen LogP contribution < -0.4 is 5.32 Å². The first-order valence-corrected chi connectivity index (χ1v) is 12.0. The van der Waals surface area contributed by atoms with E-state index in [0.717, 1.165) is 33.8 Å². The summed E-state index contributed by atoms with van der Waals surface area (Å²) in [7, 11) is -3.24. The van der Waals surface area contributed by atoms with Crippen LogP contribution in [0.25, 0.3) is 0 Å². The first-order chi connectivity index (χ1) is 14.7. The Labute approximate surface area is 182 Å². The zero-order valence-electron chi connectivity index (χ0n) is 17.9. The lowest BCUT2D eigenvalue weighted by Gasteiger charge is -2.28. The molecule has 4 rings (SSSR count). The van der Waals surface area contributed by atoms with Crippen molar-refractivity contribution >= 4 is 21.6 Å². The molecule has 0 saturated heterocycles. The molecule has 0 radical (unpaired) electrons. The number of benzene rings is 2. The van der Waals surface area contributed by atoms with Crippen molar-refractivity contribution in [3.8, 4) is 0 Å². The number of aromatic nitrogens is 2. The van der Waals surface area contributed by atoms with Crippen molar-refractivity contribution in [1.82, 2.24) is 14.1 Å². The number of fused-ring (bicyclic) bond motifs is 1. The molecule has 162 valence electrons. The van der Waals surface area contributed by atoms with Crippen LogP contribution in [0.3, 0.4) is 0 Å². The van der Waals surface area contributed by atoms with Gasteiger partial charge in [-0.1, -0.05) is 24.3 Å². The topological polar surface area (TPSA) is 84.3 Å². The Morgan fingerprint density at radius 1 is 1.13 bits per heavy atom. The summed E-state index contributed by atoms with van der Waals surface area (Å²) >= 11 is 0. The van der Waals surface area contributed by atoms with E-state index in [1.807, 2.05) is 67.1 Å². The van der Waals surface area contributed by atoms with Gasteiger partial charge in [0.15, 0.2) is 0 Å². The lowest BCUT2D eigenvalue weighted by molar-refractivity contribution is 0.102. The van der Waals surface area contributed by atoms with Gasteiger partial charge in [-0.05, 0) is 61.2 Å². The minimum atomic E-state index is -3.24. The average molecular weight is 439 g/mol. The molecule has 0 unspecified atom stereocenters. The Hall–Kier alpha value is -2.97. The summed E-state index contributed by atoms with van der Waals surface area (Å²) in [5.74, 6) is -0.184. The second-order valence-electron chi connectivity index (χ2n) is 8.03. The highest BCUT2D eigenvalue weighted by Crippen LogP contribution is 2.27. The van der Waals surface area contributed by atoms with Crippen molar-refractivity contribution in [1.29, 1.82) is 0 Å². The number of anilines is 1. The third-order valence-corrected chi connectivity index (χ3v) is 6.85. The minimum Gasteiger partial charge on any atom is -0.322 e. The van der Waals surface area contributed by atoms with Gasteiger partial charge in [0.05, 0.1) is 18.5 Å². The van der Waals surface area contributed by atoms with Crippen LogP contribution in [0.4, 0.5) is 5.69 Å². The van der Waals surface area contributed by atoms with Crippen molar-refractivity contribution in [3.63, 3.8) is 0 Å². The predicted octanol–water partition coefficient (Wildman–Crippen LogP) is 3.12. The SMILES string of the molecule is Cc1cc(C)n(Cc2ccc(C(=O)Nc3cccc4c3CCN(S(C)(=O)=O)C4)cc2)n1. The van der Waals surface area contributed by atoms with E-state index in [2.05, 4.69) is 10.4 Å². The van der Waals surface area contributed by atoms with Crippen LogP contribution in [-0.4, -0.2) is 41.2 Å². The fourth-order valence-electron chi connectivity index (χ4n) is 3.95. The van der Waals surface area contributed by atoms with E-state index < -0.39 is 10.0 Å². The molecular formula is C23H26N4O3S. The molecule has 2 aromatic carbocycles. The minimum absolute atomic E-state index is 0.184. The third-order valence-electron chi connectivity index (χ3n) is 5.60. The Balaban J connectivity index is 1.47. The van der Waals surface area contributed by atoms with Gasteiger partial charge in [0.25, 0.3) is 5.91 Å². The van der Waals surface area contributed by atoms with Crippen LogP contribution in [0.15, 0.2) is 48.5 Å². The van der Waals surface area contributed by atoms with Crippen molar-refractivity contribution in [2.45, 2.75) is 33.4 Å². The lowest BCUT2D eigenvalue weighted by atomic mass is 9.99. The molecule has 31 heavy (non-hydrogen) atoms. The molecule has 1 aliphatic rings. The van der Waals surface area contributed by atoms with Crippen LogP contribution in [0.2, 0.25) is 0 Å². The first kappa shape index (κ1) is 21.3. The second-order valence-corrected chi connectivity index (χ2v) is 10.0. The van der Waals surface area contributed by atoms with Gasteiger partial charge in [-0.2, -0.15) is 9.40 Å². The zero-order chi connectivity index (χ0) is 22.2. The van der Waals surface area contributed by atoms with E-state index in [4.69, 9.17) is 0 Å². The summed E-state index contributed by atoms with van der Waals surface area (Å²) in [6.07, 6.45) is 1.79. The van der Waals surface area contributed by atoms with Crippen LogP contribution in [0, 0.1) is 13.8 Å². The van der Waals surface area contributed by atoms with Gasteiger partial charge in [-0.25, -0.2) is 8.42 Å². The normalized spacial score (nSPS) is 14.3. The summed E-state index contributed by atoms with van der Waals surface area (Å²) in [6.45, 7) is 5.40. The highest BCUT2D eigenvalue weighted by atomic mass is 32.2. The number of rotatable bonds is 5. The molecule has 0 bridgehead atoms. The van der Waals surface area contributed by atoms with Gasteiger partial charge in [0, 0.05) is 30.0 Å². The number of amides is 1. The standard InChI is InChI=1S/C23H26N4O3S/c1-16-13-17(2)27(25-16)14-18-7-9-19(10-8-18)23(28)24-22-6-4-5-20-15-26(31(3,29)30)12-11-21(20)22/h4-10,13H,11-12,14-15H2,1-3H3,(H,24,28). The molecule has 0 spiro atoms. The summed E-state index contributed by atoms with van der Waals surface area (Å²) in [4.78, 5) is 12.8. The molecule has 0 saturated carbocycles. The molecule has 0 aliphatic carbocycles. The van der Waals surface area contributed by atoms with Crippen LogP contribution in [-0.2, 0) is 29.5 Å². The highest BCUT2D eigenvalue weighted by Gasteiger charge is 2.25. The summed E-state index contributed by atoms with van der Waals surface area (Å²) < 4.78 is 27.1. The van der Waals surface area contributed by atoms with Crippen LogP contribution in [0.5, 0.6) is 0 Å². The number of nitrogens with zero attached hydrogens (tertiary/aromatic N) is 3.